The molecular weight excluding hydrogens is 576 g/mol. The van der Waals surface area contributed by atoms with E-state index >= 15 is 0 Å². The highest BCUT2D eigenvalue weighted by atomic mass is 16.4. The third kappa shape index (κ3) is 3.98. The summed E-state index contributed by atoms with van der Waals surface area (Å²) in [6.07, 6.45) is 0. The highest BCUT2D eigenvalue weighted by Crippen LogP contribution is 2.49. The van der Waals surface area contributed by atoms with Gasteiger partial charge in [0, 0.05) is 55.9 Å². The molecule has 0 N–H and O–H groups in total. The van der Waals surface area contributed by atoms with Crippen LogP contribution in [-0.4, -0.2) is 4.98 Å². The Kier molecular flexibility index (Phi) is 5.54. The van der Waals surface area contributed by atoms with Crippen LogP contribution in [0, 0.1) is 0 Å². The quantitative estimate of drug-likeness (QED) is 0.197. The molecule has 2 aromatic heterocycles. The van der Waals surface area contributed by atoms with Crippen LogP contribution in [0.5, 0.6) is 0 Å². The van der Waals surface area contributed by atoms with Crippen molar-refractivity contribution in [2.45, 2.75) is 0 Å². The molecule has 1 aliphatic rings. The van der Waals surface area contributed by atoms with E-state index in [-0.39, 0.29) is 0 Å². The Hall–Kier alpha value is -6.39. The number of fused-ring (bicyclic) bond motifs is 6. The van der Waals surface area contributed by atoms with E-state index in [0.717, 1.165) is 78.3 Å². The molecule has 4 heteroatoms. The maximum Gasteiger partial charge on any atom is 0.227 e. The maximum absolute atomic E-state index is 6.47. The summed E-state index contributed by atoms with van der Waals surface area (Å²) >= 11 is 0. The molecule has 0 bridgehead atoms. The fourth-order valence-corrected chi connectivity index (χ4v) is 7.10. The van der Waals surface area contributed by atoms with Crippen LogP contribution in [-0.2, 0) is 0 Å². The molecule has 0 spiro atoms. The van der Waals surface area contributed by atoms with Gasteiger partial charge in [-0.25, -0.2) is 4.98 Å². The molecule has 0 aliphatic heterocycles. The zero-order chi connectivity index (χ0) is 30.9. The van der Waals surface area contributed by atoms with E-state index < -0.39 is 0 Å². The second-order valence-corrected chi connectivity index (χ2v) is 12.0. The summed E-state index contributed by atoms with van der Waals surface area (Å²) in [5, 5.41) is 4.64. The van der Waals surface area contributed by atoms with Crippen molar-refractivity contribution in [3.05, 3.63) is 158 Å². The van der Waals surface area contributed by atoms with Crippen LogP contribution in [0.15, 0.2) is 167 Å². The van der Waals surface area contributed by atoms with Gasteiger partial charge in [-0.3, -0.25) is 0 Å². The summed E-state index contributed by atoms with van der Waals surface area (Å²) < 4.78 is 12.8. The third-order valence-electron chi connectivity index (χ3n) is 9.25. The van der Waals surface area contributed by atoms with E-state index in [0.29, 0.717) is 5.89 Å². The number of hydrogen-bond acceptors (Lipinski definition) is 4. The monoisotopic (exact) mass is 602 g/mol. The largest absolute Gasteiger partial charge is 0.456 e. The van der Waals surface area contributed by atoms with Gasteiger partial charge in [0.25, 0.3) is 0 Å². The Morgan fingerprint density at radius 2 is 1.17 bits per heavy atom. The smallest absolute Gasteiger partial charge is 0.227 e. The number of anilines is 3. The van der Waals surface area contributed by atoms with Crippen molar-refractivity contribution < 1.29 is 8.83 Å². The lowest BCUT2D eigenvalue weighted by Crippen LogP contribution is -2.11. The fraction of sp³-hybridized carbons (Fsp3) is 0. The van der Waals surface area contributed by atoms with Crippen LogP contribution in [0.2, 0.25) is 0 Å². The summed E-state index contributed by atoms with van der Waals surface area (Å²) in [5.74, 6) is 1.46. The molecule has 0 saturated carbocycles. The van der Waals surface area contributed by atoms with Gasteiger partial charge in [0.05, 0.1) is 5.69 Å². The van der Waals surface area contributed by atoms with Crippen molar-refractivity contribution in [1.29, 1.82) is 0 Å². The number of para-hydroxylation sites is 2. The highest BCUT2D eigenvalue weighted by Gasteiger charge is 2.28. The van der Waals surface area contributed by atoms with Gasteiger partial charge >= 0.3 is 0 Å². The standard InChI is InChI=1S/C43H26N2O2/c1-2-10-27(11-3-1)32-14-4-6-18-37(32)45(31-24-25-34-33-15-5-7-19-38(33)46-39(34)26-31)30-22-20-29(21-23-30)43-44-41-35-16-8-12-28-13-9-17-36(40(28)35)42(41)47-43/h1-26H. The van der Waals surface area contributed by atoms with Crippen LogP contribution < -0.4 is 4.90 Å². The first kappa shape index (κ1) is 25.9. The molecule has 7 aromatic carbocycles. The van der Waals surface area contributed by atoms with E-state index in [2.05, 4.69) is 150 Å². The number of nitrogens with zero attached hydrogens (tertiary/aromatic N) is 2. The Morgan fingerprint density at radius 1 is 0.468 bits per heavy atom. The summed E-state index contributed by atoms with van der Waals surface area (Å²) in [6, 6.07) is 54.9. The van der Waals surface area contributed by atoms with Crippen molar-refractivity contribution >= 4 is 49.8 Å². The molecule has 2 heterocycles. The number of rotatable bonds is 5. The zero-order valence-electron chi connectivity index (χ0n) is 25.2. The van der Waals surface area contributed by atoms with Crippen LogP contribution in [0.4, 0.5) is 17.1 Å². The van der Waals surface area contributed by atoms with Crippen molar-refractivity contribution in [2.75, 3.05) is 4.90 Å². The molecule has 0 amide bonds. The van der Waals surface area contributed by atoms with Gasteiger partial charge in [-0.15, -0.1) is 0 Å². The van der Waals surface area contributed by atoms with Crippen molar-refractivity contribution in [3.8, 4) is 45.2 Å². The summed E-state index contributed by atoms with van der Waals surface area (Å²) in [7, 11) is 0. The Labute approximate surface area is 270 Å². The minimum absolute atomic E-state index is 0.619. The summed E-state index contributed by atoms with van der Waals surface area (Å²) in [4.78, 5) is 7.30. The minimum atomic E-state index is 0.619. The van der Waals surface area contributed by atoms with Crippen LogP contribution >= 0.6 is 0 Å². The molecule has 47 heavy (non-hydrogen) atoms. The number of oxazole rings is 1. The van der Waals surface area contributed by atoms with Gasteiger partial charge in [-0.2, -0.15) is 0 Å². The van der Waals surface area contributed by atoms with Crippen LogP contribution in [0.3, 0.4) is 0 Å². The van der Waals surface area contributed by atoms with Gasteiger partial charge in [0.2, 0.25) is 5.89 Å². The third-order valence-corrected chi connectivity index (χ3v) is 9.25. The lowest BCUT2D eigenvalue weighted by molar-refractivity contribution is 0.590. The first-order chi connectivity index (χ1) is 23.3. The fourth-order valence-electron chi connectivity index (χ4n) is 7.10. The van der Waals surface area contributed by atoms with Crippen molar-refractivity contribution in [2.24, 2.45) is 0 Å². The lowest BCUT2D eigenvalue weighted by atomic mass is 10.0. The molecule has 4 nitrogen and oxygen atoms in total. The van der Waals surface area contributed by atoms with Gasteiger partial charge < -0.3 is 13.7 Å². The number of benzene rings is 7. The molecule has 220 valence electrons. The molecule has 0 unspecified atom stereocenters. The number of furan rings is 1. The normalized spacial score (nSPS) is 11.8. The molecule has 1 aliphatic carbocycles. The maximum atomic E-state index is 6.47. The minimum Gasteiger partial charge on any atom is -0.456 e. The predicted octanol–water partition coefficient (Wildman–Crippen LogP) is 12.2. The Bertz CT molecular complexity index is 2570. The zero-order valence-corrected chi connectivity index (χ0v) is 25.2. The van der Waals surface area contributed by atoms with E-state index in [1.54, 1.807) is 0 Å². The Morgan fingerprint density at radius 3 is 2.04 bits per heavy atom. The molecule has 0 atom stereocenters. The molecule has 0 saturated heterocycles. The van der Waals surface area contributed by atoms with Crippen molar-refractivity contribution in [1.82, 2.24) is 4.98 Å². The van der Waals surface area contributed by atoms with Gasteiger partial charge in [-0.05, 0) is 59.5 Å². The second-order valence-electron chi connectivity index (χ2n) is 12.0. The van der Waals surface area contributed by atoms with E-state index in [1.165, 1.54) is 10.8 Å². The first-order valence-electron chi connectivity index (χ1n) is 15.8. The number of hydrogen-bond donors (Lipinski definition) is 0. The second kappa shape index (κ2) is 10.1. The lowest BCUT2D eigenvalue weighted by Gasteiger charge is -2.28. The average molecular weight is 603 g/mol. The number of aromatic nitrogens is 1. The summed E-state index contributed by atoms with van der Waals surface area (Å²) in [6.45, 7) is 0. The van der Waals surface area contributed by atoms with Crippen molar-refractivity contribution in [3.63, 3.8) is 0 Å². The van der Waals surface area contributed by atoms with Gasteiger partial charge in [0.15, 0.2) is 5.76 Å². The van der Waals surface area contributed by atoms with Crippen LogP contribution in [0.1, 0.15) is 0 Å². The average Bonchev–Trinajstić information content (AvgIpc) is 3.82. The predicted molar refractivity (Wildman–Crippen MR) is 191 cm³/mol. The van der Waals surface area contributed by atoms with E-state index in [4.69, 9.17) is 13.8 Å². The van der Waals surface area contributed by atoms with E-state index in [1.807, 2.05) is 12.1 Å². The molecule has 0 fully saturated rings. The van der Waals surface area contributed by atoms with Gasteiger partial charge in [-0.1, -0.05) is 103 Å². The van der Waals surface area contributed by atoms with Crippen LogP contribution in [0.25, 0.3) is 77.9 Å². The highest BCUT2D eigenvalue weighted by molar-refractivity contribution is 6.13. The van der Waals surface area contributed by atoms with Gasteiger partial charge in [0.1, 0.15) is 16.9 Å². The topological polar surface area (TPSA) is 42.4 Å². The SMILES string of the molecule is c1ccc(-c2ccccc2N(c2ccc(-c3nc4c(o3)-c3cccc5cccc-4c35)cc2)c2ccc3c(c2)oc2ccccc23)cc1. The molecule has 0 radical (unpaired) electrons. The summed E-state index contributed by atoms with van der Waals surface area (Å²) in [5.41, 5.74) is 11.2. The first-order valence-corrected chi connectivity index (χ1v) is 15.8. The molecule has 10 rings (SSSR count). The molecule has 9 aromatic rings. The Balaban J connectivity index is 1.10. The molecular formula is C43H26N2O2. The van der Waals surface area contributed by atoms with E-state index in [9.17, 15) is 0 Å².